The van der Waals surface area contributed by atoms with E-state index in [0.717, 1.165) is 77.6 Å². The Morgan fingerprint density at radius 2 is 1.02 bits per heavy atom. The van der Waals surface area contributed by atoms with E-state index < -0.39 is 5.41 Å². The lowest BCUT2D eigenvalue weighted by molar-refractivity contribution is 0.236. The van der Waals surface area contributed by atoms with Gasteiger partial charge in [0.2, 0.25) is 0 Å². The molecule has 2 heterocycles. The zero-order valence-corrected chi connectivity index (χ0v) is 55.4. The lowest BCUT2D eigenvalue weighted by Gasteiger charge is -2.41. The third-order valence-electron chi connectivity index (χ3n) is 21.5. The number of allylic oxidation sites excluding steroid dienone is 7. The van der Waals surface area contributed by atoms with Crippen molar-refractivity contribution in [1.82, 2.24) is 9.47 Å². The molecule has 4 aliphatic carbocycles. The third-order valence-corrected chi connectivity index (χ3v) is 21.5. The molecule has 0 fully saturated rings. The number of benzene rings is 12. The van der Waals surface area contributed by atoms with E-state index in [2.05, 4.69) is 359 Å². The maximum absolute atomic E-state index is 2.71. The summed E-state index contributed by atoms with van der Waals surface area (Å²) in [6.07, 6.45) is 33.5. The highest BCUT2D eigenvalue weighted by Crippen LogP contribution is 2.63. The van der Waals surface area contributed by atoms with Crippen LogP contribution in [0.1, 0.15) is 86.1 Å². The van der Waals surface area contributed by atoms with Crippen LogP contribution in [0.3, 0.4) is 0 Å². The Kier molecular flexibility index (Phi) is 15.1. The van der Waals surface area contributed by atoms with E-state index in [1.165, 1.54) is 125 Å². The Labute approximate surface area is 575 Å². The predicted molar refractivity (Wildman–Crippen MR) is 413 cm³/mol. The van der Waals surface area contributed by atoms with Gasteiger partial charge in [0.25, 0.3) is 0 Å². The summed E-state index contributed by atoms with van der Waals surface area (Å²) >= 11 is 0. The van der Waals surface area contributed by atoms with Crippen LogP contribution >= 0.6 is 0 Å². The van der Waals surface area contributed by atoms with Crippen molar-refractivity contribution in [2.75, 3.05) is 14.7 Å². The maximum atomic E-state index is 2.71. The molecular weight excluding hydrogens is 1190 g/mol. The van der Waals surface area contributed by atoms with E-state index in [9.17, 15) is 0 Å². The summed E-state index contributed by atoms with van der Waals surface area (Å²) in [5.74, 6) is 0. The van der Waals surface area contributed by atoms with Gasteiger partial charge in [-0.1, -0.05) is 245 Å². The predicted octanol–water partition coefficient (Wildman–Crippen LogP) is 24.6. The molecule has 1 aromatic heterocycles. The van der Waals surface area contributed by atoms with Crippen LogP contribution in [-0.2, 0) is 11.8 Å². The fourth-order valence-corrected chi connectivity index (χ4v) is 17.1. The topological polar surface area (TPSA) is 17.9 Å². The molecule has 5 heteroatoms. The molecule has 0 bridgehead atoms. The molecule has 0 saturated carbocycles. The fourth-order valence-electron chi connectivity index (χ4n) is 17.1. The molecule has 0 saturated heterocycles. The highest BCUT2D eigenvalue weighted by atomic mass is 15.2. The number of anilines is 8. The number of hydrogen-bond acceptors (Lipinski definition) is 4. The molecule has 474 valence electrons. The summed E-state index contributed by atoms with van der Waals surface area (Å²) < 4.78 is 2.64. The van der Waals surface area contributed by atoms with Gasteiger partial charge < -0.3 is 24.2 Å². The lowest BCUT2D eigenvalue weighted by Crippen LogP contribution is -2.42. The molecular formula is C93H77N5. The number of fused-ring (bicyclic) bond motifs is 14. The van der Waals surface area contributed by atoms with E-state index in [1.54, 1.807) is 0 Å². The second-order valence-corrected chi connectivity index (χ2v) is 27.1. The fraction of sp³-hybridized carbons (Fsp3) is 0.140. The molecule has 3 unspecified atom stereocenters. The van der Waals surface area contributed by atoms with Gasteiger partial charge in [-0.2, -0.15) is 0 Å². The molecule has 5 aliphatic rings. The van der Waals surface area contributed by atoms with Gasteiger partial charge in [-0.15, -0.1) is 0 Å². The normalized spacial score (nSPS) is 17.1. The quantitative estimate of drug-likeness (QED) is 0.0845. The Morgan fingerprint density at radius 3 is 1.68 bits per heavy atom. The first kappa shape index (κ1) is 59.1. The first-order valence-corrected chi connectivity index (χ1v) is 35.5. The van der Waals surface area contributed by atoms with E-state index in [1.807, 2.05) is 0 Å². The summed E-state index contributed by atoms with van der Waals surface area (Å²) in [6, 6.07) is 101. The minimum Gasteiger partial charge on any atom is -0.361 e. The maximum Gasteiger partial charge on any atom is 0.0756 e. The van der Waals surface area contributed by atoms with Crippen molar-refractivity contribution in [2.24, 2.45) is 0 Å². The Balaban J connectivity index is 0.860. The lowest BCUT2D eigenvalue weighted by atomic mass is 9.65. The van der Waals surface area contributed by atoms with Gasteiger partial charge in [-0.25, -0.2) is 0 Å². The summed E-state index contributed by atoms with van der Waals surface area (Å²) in [6.45, 7) is 2.30. The molecule has 18 rings (SSSR count). The van der Waals surface area contributed by atoms with Crippen LogP contribution in [0.2, 0.25) is 0 Å². The third kappa shape index (κ3) is 9.88. The largest absolute Gasteiger partial charge is 0.361 e. The number of para-hydroxylation sites is 4. The van der Waals surface area contributed by atoms with Crippen molar-refractivity contribution >= 4 is 88.8 Å². The van der Waals surface area contributed by atoms with E-state index in [-0.39, 0.29) is 6.04 Å². The molecule has 3 atom stereocenters. The Hall–Kier alpha value is -11.4. The summed E-state index contributed by atoms with van der Waals surface area (Å²) in [5, 5.41) is 7.37. The SMILES string of the molecule is CCCCCCc1ccc2c3cccc4c3n(c2c1)-c1ccccc1C41c2cc(N(C3=CCC(N(C4=CC=CCC4)C4C=CC=CC4)C=C3)c3cccc4ccccc34)ccc2-c2ccc(N(c3ccc(N(c4ccccc4)c4ccccc4)cc3)c3cccc4ccccc34)cc21. The first-order chi connectivity index (χ1) is 48.6. The molecule has 98 heavy (non-hydrogen) atoms. The molecule has 1 spiro atoms. The Morgan fingerprint density at radius 1 is 0.429 bits per heavy atom. The minimum absolute atomic E-state index is 0.201. The number of aromatic nitrogens is 1. The van der Waals surface area contributed by atoms with Gasteiger partial charge in [-0.3, -0.25) is 0 Å². The average molecular weight is 1260 g/mol. The summed E-state index contributed by atoms with van der Waals surface area (Å²) in [7, 11) is 0. The van der Waals surface area contributed by atoms with Gasteiger partial charge in [0.1, 0.15) is 0 Å². The van der Waals surface area contributed by atoms with Crippen molar-refractivity contribution < 1.29 is 0 Å². The number of hydrogen-bond donors (Lipinski definition) is 0. The van der Waals surface area contributed by atoms with Crippen LogP contribution in [0, 0.1) is 0 Å². The van der Waals surface area contributed by atoms with Crippen LogP contribution in [0.4, 0.5) is 45.5 Å². The number of nitrogens with zero attached hydrogens (tertiary/aromatic N) is 5. The molecule has 1 aliphatic heterocycles. The highest BCUT2D eigenvalue weighted by molar-refractivity contribution is 6.13. The van der Waals surface area contributed by atoms with Crippen LogP contribution in [0.25, 0.3) is 60.2 Å². The molecule has 0 N–H and O–H groups in total. The second kappa shape index (κ2) is 25.0. The minimum atomic E-state index is -0.781. The molecule has 5 nitrogen and oxygen atoms in total. The number of aryl methyl sites for hydroxylation is 1. The second-order valence-electron chi connectivity index (χ2n) is 27.1. The monoisotopic (exact) mass is 1260 g/mol. The van der Waals surface area contributed by atoms with Crippen molar-refractivity contribution in [3.05, 3.63) is 367 Å². The van der Waals surface area contributed by atoms with Crippen molar-refractivity contribution in [3.8, 4) is 16.8 Å². The van der Waals surface area contributed by atoms with Gasteiger partial charge in [0.15, 0.2) is 0 Å². The zero-order valence-electron chi connectivity index (χ0n) is 55.4. The zero-order chi connectivity index (χ0) is 65.1. The average Bonchev–Trinajstić information content (AvgIpc) is 1.47. The molecule has 0 radical (unpaired) electrons. The van der Waals surface area contributed by atoms with E-state index in [4.69, 9.17) is 0 Å². The number of unbranched alkanes of at least 4 members (excludes halogenated alkanes) is 3. The standard InChI is InChI=1S/C93H77N5/c1-2-3-4-9-27-65-48-59-82-83-42-26-44-85-92(83)98(91(82)62-65)90-45-23-22-43-84(90)93(85)86-63-76(96(88-46-24-30-66-28-18-20-40-78(66)88)74-53-49-72(50-54-74)94(68-32-10-5-11-33-68)69-34-12-6-13-35-69)57-60-80(86)81-61-58-77(64-87(81)93)97(89-47-25-31-67-29-19-21-41-79(67)89)75-55-51-73(52-56-75)95(70-36-14-7-15-37-70)71-38-16-8-17-39-71/h5-8,10-16,18-26,28-36,38,40-51,53-64,70,73H,2-4,9,17,27,37,39,52H2,1H3. The van der Waals surface area contributed by atoms with Gasteiger partial charge in [0.05, 0.1) is 45.6 Å². The van der Waals surface area contributed by atoms with Crippen LogP contribution in [0.5, 0.6) is 0 Å². The van der Waals surface area contributed by atoms with Crippen molar-refractivity contribution in [2.45, 2.75) is 82.2 Å². The molecule has 12 aromatic carbocycles. The highest BCUT2D eigenvalue weighted by Gasteiger charge is 2.52. The first-order valence-electron chi connectivity index (χ1n) is 35.5. The number of rotatable bonds is 17. The molecule has 13 aromatic rings. The summed E-state index contributed by atoms with van der Waals surface area (Å²) in [5.41, 5.74) is 23.4. The van der Waals surface area contributed by atoms with Crippen molar-refractivity contribution in [1.29, 1.82) is 0 Å². The smallest absolute Gasteiger partial charge is 0.0756 e. The van der Waals surface area contributed by atoms with Crippen LogP contribution in [-0.4, -0.2) is 21.6 Å². The van der Waals surface area contributed by atoms with Crippen molar-refractivity contribution in [3.63, 3.8) is 0 Å². The van der Waals surface area contributed by atoms with E-state index in [0.29, 0.717) is 6.04 Å². The Bertz CT molecular complexity index is 5380. The van der Waals surface area contributed by atoms with Gasteiger partial charge in [-0.05, 0) is 197 Å². The molecule has 0 amide bonds. The van der Waals surface area contributed by atoms with E-state index >= 15 is 0 Å². The van der Waals surface area contributed by atoms with Crippen LogP contribution in [0.15, 0.2) is 339 Å². The van der Waals surface area contributed by atoms with Gasteiger partial charge in [0, 0.05) is 67.1 Å². The van der Waals surface area contributed by atoms with Gasteiger partial charge >= 0.3 is 0 Å². The van der Waals surface area contributed by atoms with Crippen LogP contribution < -0.4 is 14.7 Å². The summed E-state index contributed by atoms with van der Waals surface area (Å²) in [4.78, 5) is 10.1.